The minimum Gasteiger partial charge on any atom is -0.493 e. The maximum Gasteiger partial charge on any atom is 0.310 e. The van der Waals surface area contributed by atoms with Crippen LogP contribution in [0.2, 0.25) is 5.02 Å². The molecular weight excluding hydrogens is 499 g/mol. The minimum absolute atomic E-state index is 0.140. The molecule has 0 aromatic heterocycles. The number of halogens is 2. The highest BCUT2D eigenvalue weighted by Crippen LogP contribution is 2.42. The molecule has 0 unspecified atom stereocenters. The Balaban J connectivity index is 1.10. The average molecular weight is 531 g/mol. The van der Waals surface area contributed by atoms with E-state index in [1.807, 2.05) is 18.2 Å². The minimum atomic E-state index is -0.458. The Hall–Kier alpha value is -2.84. The molecule has 9 heteroatoms. The zero-order valence-electron chi connectivity index (χ0n) is 21.0. The van der Waals surface area contributed by atoms with Crippen molar-refractivity contribution in [3.8, 4) is 11.5 Å². The maximum atomic E-state index is 14.0. The number of amides is 1. The quantitative estimate of drug-likeness (QED) is 0.391. The normalized spacial score (nSPS) is 20.5. The molecule has 1 spiro atoms. The van der Waals surface area contributed by atoms with Crippen LogP contribution in [0.4, 0.5) is 4.39 Å². The van der Waals surface area contributed by atoms with Crippen molar-refractivity contribution in [3.05, 3.63) is 58.4 Å². The predicted octanol–water partition coefficient (Wildman–Crippen LogP) is 4.35. The smallest absolute Gasteiger partial charge is 0.310 e. The third-order valence-electron chi connectivity index (χ3n) is 7.69. The third-order valence-corrected chi connectivity index (χ3v) is 7.92. The number of ether oxygens (including phenoxy) is 3. The molecule has 3 aliphatic rings. The summed E-state index contributed by atoms with van der Waals surface area (Å²) < 4.78 is 31.0. The molecule has 1 amide bonds. The van der Waals surface area contributed by atoms with E-state index in [2.05, 4.69) is 4.90 Å². The van der Waals surface area contributed by atoms with E-state index >= 15 is 0 Å². The molecule has 3 heterocycles. The largest absolute Gasteiger partial charge is 0.493 e. The lowest BCUT2D eigenvalue weighted by molar-refractivity contribution is -0.144. The summed E-state index contributed by atoms with van der Waals surface area (Å²) in [5.41, 5.74) is 1.36. The van der Waals surface area contributed by atoms with E-state index in [1.54, 1.807) is 4.90 Å². The van der Waals surface area contributed by atoms with Crippen molar-refractivity contribution >= 4 is 23.5 Å². The number of fused-ring (bicyclic) bond motifs is 1. The third kappa shape index (κ3) is 5.70. The number of likely N-dealkylation sites (tertiary alicyclic amines) is 2. The Morgan fingerprint density at radius 2 is 1.97 bits per heavy atom. The van der Waals surface area contributed by atoms with E-state index < -0.39 is 5.82 Å². The Bertz CT molecular complexity index is 1170. The van der Waals surface area contributed by atoms with Crippen LogP contribution >= 0.6 is 11.6 Å². The van der Waals surface area contributed by atoms with Gasteiger partial charge >= 0.3 is 5.97 Å². The van der Waals surface area contributed by atoms with Gasteiger partial charge in [0.05, 0.1) is 25.2 Å². The van der Waals surface area contributed by atoms with Crippen LogP contribution in [0.5, 0.6) is 11.5 Å². The van der Waals surface area contributed by atoms with Crippen LogP contribution in [0.25, 0.3) is 0 Å². The lowest BCUT2D eigenvalue weighted by Crippen LogP contribution is -2.47. The van der Waals surface area contributed by atoms with Gasteiger partial charge in [-0.05, 0) is 48.7 Å². The summed E-state index contributed by atoms with van der Waals surface area (Å²) in [5.74, 6) is -0.185. The van der Waals surface area contributed by atoms with E-state index in [1.165, 1.54) is 30.9 Å². The highest BCUT2D eigenvalue weighted by atomic mass is 35.5. The molecule has 0 aliphatic carbocycles. The van der Waals surface area contributed by atoms with Crippen LogP contribution < -0.4 is 9.47 Å². The second kappa shape index (κ2) is 10.9. The van der Waals surface area contributed by atoms with Crippen LogP contribution in [-0.2, 0) is 16.0 Å². The summed E-state index contributed by atoms with van der Waals surface area (Å²) in [6.45, 7) is 3.83. The van der Waals surface area contributed by atoms with Gasteiger partial charge in [0, 0.05) is 63.1 Å². The topological polar surface area (TPSA) is 68.3 Å². The number of nitrogens with zero attached hydrogens (tertiary/aromatic N) is 2. The number of hydrogen-bond acceptors (Lipinski definition) is 6. The SMILES string of the molecule is COC(=O)[C@H]1CCN(C(=O)c2ccc(F)cc2OCCCN2CCC3(CC2)Cc2cc(Cl)ccc2O3)C1. The van der Waals surface area contributed by atoms with Gasteiger partial charge in [-0.3, -0.25) is 9.59 Å². The Kier molecular flexibility index (Phi) is 7.58. The number of carbonyl (C=O) groups is 2. The molecule has 7 nitrogen and oxygen atoms in total. The molecule has 2 fully saturated rings. The lowest BCUT2D eigenvalue weighted by atomic mass is 9.87. The Labute approximate surface area is 221 Å². The number of piperidine rings is 1. The van der Waals surface area contributed by atoms with Crippen molar-refractivity contribution < 1.29 is 28.2 Å². The van der Waals surface area contributed by atoms with Crippen molar-refractivity contribution in [1.29, 1.82) is 0 Å². The number of esters is 1. The zero-order valence-corrected chi connectivity index (χ0v) is 21.8. The van der Waals surface area contributed by atoms with Gasteiger partial charge in [-0.15, -0.1) is 0 Å². The van der Waals surface area contributed by atoms with Crippen LogP contribution in [0.15, 0.2) is 36.4 Å². The molecule has 1 atom stereocenters. The summed E-state index contributed by atoms with van der Waals surface area (Å²) in [4.78, 5) is 28.9. The lowest BCUT2D eigenvalue weighted by Gasteiger charge is -2.38. The number of rotatable bonds is 7. The second-order valence-electron chi connectivity index (χ2n) is 10.2. The molecule has 0 radical (unpaired) electrons. The van der Waals surface area contributed by atoms with Gasteiger partial charge in [0.2, 0.25) is 0 Å². The molecule has 2 aromatic carbocycles. The summed E-state index contributed by atoms with van der Waals surface area (Å²) >= 11 is 6.15. The fourth-order valence-corrected chi connectivity index (χ4v) is 5.80. The van der Waals surface area contributed by atoms with Crippen molar-refractivity contribution in [2.45, 2.75) is 37.7 Å². The summed E-state index contributed by atoms with van der Waals surface area (Å²) in [7, 11) is 1.35. The number of benzene rings is 2. The van der Waals surface area contributed by atoms with Gasteiger partial charge in [0.15, 0.2) is 0 Å². The molecule has 2 saturated heterocycles. The molecular formula is C28H32ClFN2O5. The van der Waals surface area contributed by atoms with Crippen LogP contribution in [0.1, 0.15) is 41.6 Å². The predicted molar refractivity (Wildman–Crippen MR) is 137 cm³/mol. The highest BCUT2D eigenvalue weighted by molar-refractivity contribution is 6.30. The molecule has 0 N–H and O–H groups in total. The first kappa shape index (κ1) is 25.8. The van der Waals surface area contributed by atoms with Crippen molar-refractivity contribution in [3.63, 3.8) is 0 Å². The fourth-order valence-electron chi connectivity index (χ4n) is 5.60. The Morgan fingerprint density at radius 3 is 2.76 bits per heavy atom. The number of methoxy groups -OCH3 is 1. The van der Waals surface area contributed by atoms with E-state index in [9.17, 15) is 14.0 Å². The van der Waals surface area contributed by atoms with Crippen LogP contribution in [0.3, 0.4) is 0 Å². The summed E-state index contributed by atoms with van der Waals surface area (Å²) in [6, 6.07) is 9.80. The average Bonchev–Trinajstić information content (AvgIpc) is 3.52. The van der Waals surface area contributed by atoms with Gasteiger partial charge < -0.3 is 24.0 Å². The molecule has 0 saturated carbocycles. The second-order valence-corrected chi connectivity index (χ2v) is 10.6. The number of hydrogen-bond donors (Lipinski definition) is 0. The first-order valence-electron chi connectivity index (χ1n) is 12.8. The standard InChI is InChI=1S/C28H32ClFN2O5/c1-35-27(34)19-7-11-32(18-19)26(33)23-5-4-22(30)16-25(23)36-14-2-10-31-12-8-28(9-13-31)17-20-15-21(29)3-6-24(20)37-28/h3-6,15-16,19H,2,7-14,17-18H2,1H3/t19-/m0/s1. The molecule has 3 aliphatic heterocycles. The number of carbonyl (C=O) groups excluding carboxylic acids is 2. The molecule has 5 rings (SSSR count). The molecule has 37 heavy (non-hydrogen) atoms. The van der Waals surface area contributed by atoms with E-state index in [-0.39, 0.29) is 29.1 Å². The molecule has 198 valence electrons. The van der Waals surface area contributed by atoms with Crippen molar-refractivity contribution in [2.75, 3.05) is 46.4 Å². The fraction of sp³-hybridized carbons (Fsp3) is 0.500. The highest BCUT2D eigenvalue weighted by Gasteiger charge is 2.42. The monoisotopic (exact) mass is 530 g/mol. The van der Waals surface area contributed by atoms with E-state index in [0.717, 1.165) is 56.1 Å². The van der Waals surface area contributed by atoms with E-state index in [0.29, 0.717) is 31.7 Å². The van der Waals surface area contributed by atoms with Gasteiger partial charge in [-0.2, -0.15) is 0 Å². The maximum absolute atomic E-state index is 14.0. The van der Waals surface area contributed by atoms with Gasteiger partial charge in [0.1, 0.15) is 22.9 Å². The van der Waals surface area contributed by atoms with Crippen LogP contribution in [-0.4, -0.2) is 73.7 Å². The van der Waals surface area contributed by atoms with Gasteiger partial charge in [-0.1, -0.05) is 11.6 Å². The first-order valence-corrected chi connectivity index (χ1v) is 13.2. The molecule has 0 bridgehead atoms. The first-order chi connectivity index (χ1) is 17.9. The summed E-state index contributed by atoms with van der Waals surface area (Å²) in [5, 5.41) is 0.741. The Morgan fingerprint density at radius 1 is 1.16 bits per heavy atom. The summed E-state index contributed by atoms with van der Waals surface area (Å²) in [6.07, 6.45) is 4.10. The van der Waals surface area contributed by atoms with E-state index in [4.69, 9.17) is 25.8 Å². The van der Waals surface area contributed by atoms with Gasteiger partial charge in [-0.25, -0.2) is 4.39 Å². The van der Waals surface area contributed by atoms with Gasteiger partial charge in [0.25, 0.3) is 5.91 Å². The zero-order chi connectivity index (χ0) is 26.0. The van der Waals surface area contributed by atoms with Crippen molar-refractivity contribution in [1.82, 2.24) is 9.80 Å². The van der Waals surface area contributed by atoms with Crippen molar-refractivity contribution in [2.24, 2.45) is 5.92 Å². The molecule has 2 aromatic rings. The van der Waals surface area contributed by atoms with Crippen LogP contribution in [0, 0.1) is 11.7 Å².